The Balaban J connectivity index is 1.83. The highest BCUT2D eigenvalue weighted by Gasteiger charge is 2.09. The van der Waals surface area contributed by atoms with E-state index in [4.69, 9.17) is 4.52 Å². The van der Waals surface area contributed by atoms with Crippen LogP contribution in [0.3, 0.4) is 0 Å². The smallest absolute Gasteiger partial charge is 0.224 e. The van der Waals surface area contributed by atoms with Crippen LogP contribution in [-0.2, 0) is 17.8 Å². The van der Waals surface area contributed by atoms with Crippen LogP contribution in [0, 0.1) is 0 Å². The first-order valence-corrected chi connectivity index (χ1v) is 6.26. The van der Waals surface area contributed by atoms with Gasteiger partial charge in [-0.25, -0.2) is 0 Å². The average molecular weight is 259 g/mol. The molecule has 2 heterocycles. The summed E-state index contributed by atoms with van der Waals surface area (Å²) in [5.74, 6) is 1.07. The van der Waals surface area contributed by atoms with Gasteiger partial charge >= 0.3 is 0 Å². The number of hydrogen-bond donors (Lipinski definition) is 1. The predicted octanol–water partition coefficient (Wildman–Crippen LogP) is 2.05. The molecule has 0 fully saturated rings. The lowest BCUT2D eigenvalue weighted by Crippen LogP contribution is -2.24. The van der Waals surface area contributed by atoms with Crippen molar-refractivity contribution < 1.29 is 9.32 Å². The Hall–Kier alpha value is -2.17. The number of rotatable bonds is 5. The van der Waals surface area contributed by atoms with Crippen LogP contribution in [0.4, 0.5) is 0 Å². The van der Waals surface area contributed by atoms with Crippen molar-refractivity contribution in [1.29, 1.82) is 0 Å². The van der Waals surface area contributed by atoms with E-state index in [1.54, 1.807) is 12.4 Å². The summed E-state index contributed by atoms with van der Waals surface area (Å²) in [5.41, 5.74) is 1.63. The number of carbonyl (C=O) groups is 1. The summed E-state index contributed by atoms with van der Waals surface area (Å²) >= 11 is 0. The van der Waals surface area contributed by atoms with Gasteiger partial charge in [0.15, 0.2) is 0 Å². The van der Waals surface area contributed by atoms with Crippen molar-refractivity contribution in [2.75, 3.05) is 0 Å². The fraction of sp³-hybridized carbons (Fsp3) is 0.357. The molecule has 19 heavy (non-hydrogen) atoms. The molecule has 0 saturated heterocycles. The molecule has 0 spiro atoms. The topological polar surface area (TPSA) is 68.0 Å². The molecular weight excluding hydrogens is 242 g/mol. The van der Waals surface area contributed by atoms with Crippen LogP contribution in [0.15, 0.2) is 35.1 Å². The zero-order valence-electron chi connectivity index (χ0n) is 11.1. The van der Waals surface area contributed by atoms with Crippen molar-refractivity contribution in [3.63, 3.8) is 0 Å². The third kappa shape index (κ3) is 3.91. The molecule has 0 aliphatic rings. The monoisotopic (exact) mass is 259 g/mol. The molecule has 5 heteroatoms. The van der Waals surface area contributed by atoms with Gasteiger partial charge in [-0.3, -0.25) is 9.78 Å². The molecule has 0 aromatic carbocycles. The maximum atomic E-state index is 11.7. The second-order valence-corrected chi connectivity index (χ2v) is 4.69. The Morgan fingerprint density at radius 3 is 2.95 bits per heavy atom. The van der Waals surface area contributed by atoms with Crippen molar-refractivity contribution in [3.8, 4) is 0 Å². The number of aromatic nitrogens is 2. The molecule has 1 N–H and O–H groups in total. The van der Waals surface area contributed by atoms with Crippen molar-refractivity contribution in [1.82, 2.24) is 15.5 Å². The molecule has 2 rings (SSSR count). The van der Waals surface area contributed by atoms with E-state index < -0.39 is 0 Å². The molecular formula is C14H17N3O2. The van der Waals surface area contributed by atoms with Crippen molar-refractivity contribution >= 4 is 5.91 Å². The van der Waals surface area contributed by atoms with Gasteiger partial charge in [0.25, 0.3) is 0 Å². The molecule has 0 saturated carbocycles. The van der Waals surface area contributed by atoms with Crippen LogP contribution in [0.5, 0.6) is 0 Å². The normalized spacial score (nSPS) is 10.7. The van der Waals surface area contributed by atoms with Gasteiger partial charge in [0, 0.05) is 24.4 Å². The van der Waals surface area contributed by atoms with Crippen molar-refractivity contribution in [2.45, 2.75) is 32.7 Å². The Morgan fingerprint density at radius 2 is 2.32 bits per heavy atom. The van der Waals surface area contributed by atoms with Gasteiger partial charge in [-0.2, -0.15) is 0 Å². The third-order valence-corrected chi connectivity index (χ3v) is 2.70. The summed E-state index contributed by atoms with van der Waals surface area (Å²) in [6.07, 6.45) is 3.69. The molecule has 5 nitrogen and oxygen atoms in total. The Morgan fingerprint density at radius 1 is 1.47 bits per heavy atom. The predicted molar refractivity (Wildman–Crippen MR) is 70.4 cm³/mol. The second-order valence-electron chi connectivity index (χ2n) is 4.69. The van der Waals surface area contributed by atoms with E-state index in [0.717, 1.165) is 17.0 Å². The largest absolute Gasteiger partial charge is 0.361 e. The van der Waals surface area contributed by atoms with Crippen molar-refractivity contribution in [2.24, 2.45) is 0 Å². The molecule has 1 amide bonds. The average Bonchev–Trinajstić information content (AvgIpc) is 2.86. The van der Waals surface area contributed by atoms with Gasteiger partial charge in [0.2, 0.25) is 5.91 Å². The minimum atomic E-state index is -0.0536. The SMILES string of the molecule is CC(C)c1cc(CNC(=O)Cc2cccnc2)no1. The highest BCUT2D eigenvalue weighted by molar-refractivity contribution is 5.78. The van der Waals surface area contributed by atoms with Crippen LogP contribution >= 0.6 is 0 Å². The fourth-order valence-corrected chi connectivity index (χ4v) is 1.62. The van der Waals surface area contributed by atoms with Crippen LogP contribution in [0.2, 0.25) is 0 Å². The molecule has 0 bridgehead atoms. The highest BCUT2D eigenvalue weighted by Crippen LogP contribution is 2.14. The maximum absolute atomic E-state index is 11.7. The third-order valence-electron chi connectivity index (χ3n) is 2.70. The van der Waals surface area contributed by atoms with Gasteiger partial charge in [-0.15, -0.1) is 0 Å². The maximum Gasteiger partial charge on any atom is 0.224 e. The molecule has 0 aliphatic carbocycles. The summed E-state index contributed by atoms with van der Waals surface area (Å²) in [5, 5.41) is 6.72. The lowest BCUT2D eigenvalue weighted by molar-refractivity contribution is -0.120. The van der Waals surface area contributed by atoms with Crippen LogP contribution < -0.4 is 5.32 Å². The van der Waals surface area contributed by atoms with E-state index in [-0.39, 0.29) is 5.91 Å². The summed E-state index contributed by atoms with van der Waals surface area (Å²) in [4.78, 5) is 15.7. The molecule has 2 aromatic heterocycles. The van der Waals surface area contributed by atoms with Gasteiger partial charge in [0.1, 0.15) is 11.5 Å². The number of hydrogen-bond acceptors (Lipinski definition) is 4. The molecule has 0 aliphatic heterocycles. The number of nitrogens with one attached hydrogen (secondary N) is 1. The number of nitrogens with zero attached hydrogens (tertiary/aromatic N) is 2. The molecule has 100 valence electrons. The Labute approximate surface area is 112 Å². The highest BCUT2D eigenvalue weighted by atomic mass is 16.5. The summed E-state index contributed by atoms with van der Waals surface area (Å²) in [6, 6.07) is 5.56. The Kier molecular flexibility index (Phi) is 4.28. The lowest BCUT2D eigenvalue weighted by Gasteiger charge is -2.02. The first-order chi connectivity index (χ1) is 9.15. The van der Waals surface area contributed by atoms with Crippen LogP contribution in [-0.4, -0.2) is 16.0 Å². The standard InChI is InChI=1S/C14H17N3O2/c1-10(2)13-7-12(17-19-13)9-16-14(18)6-11-4-3-5-15-8-11/h3-5,7-8,10H,6,9H2,1-2H3,(H,16,18). The lowest BCUT2D eigenvalue weighted by atomic mass is 10.1. The fourth-order valence-electron chi connectivity index (χ4n) is 1.62. The van der Waals surface area contributed by atoms with Crippen molar-refractivity contribution in [3.05, 3.63) is 47.6 Å². The van der Waals surface area contributed by atoms with E-state index in [1.165, 1.54) is 0 Å². The van der Waals surface area contributed by atoms with Gasteiger partial charge in [-0.05, 0) is 11.6 Å². The van der Waals surface area contributed by atoms with E-state index in [1.807, 2.05) is 32.0 Å². The quantitative estimate of drug-likeness (QED) is 0.892. The molecule has 0 unspecified atom stereocenters. The number of pyridine rings is 1. The van der Waals surface area contributed by atoms with Gasteiger partial charge in [0.05, 0.1) is 13.0 Å². The van der Waals surface area contributed by atoms with E-state index in [2.05, 4.69) is 15.5 Å². The summed E-state index contributed by atoms with van der Waals surface area (Å²) < 4.78 is 5.17. The second kappa shape index (κ2) is 6.13. The summed E-state index contributed by atoms with van der Waals surface area (Å²) in [6.45, 7) is 4.45. The number of carbonyl (C=O) groups excluding carboxylic acids is 1. The first kappa shape index (κ1) is 13.3. The molecule has 0 atom stereocenters. The van der Waals surface area contributed by atoms with E-state index in [0.29, 0.717) is 18.9 Å². The van der Waals surface area contributed by atoms with Gasteiger partial charge < -0.3 is 9.84 Å². The van der Waals surface area contributed by atoms with E-state index >= 15 is 0 Å². The zero-order valence-corrected chi connectivity index (χ0v) is 11.1. The molecule has 0 radical (unpaired) electrons. The Bertz CT molecular complexity index is 535. The first-order valence-electron chi connectivity index (χ1n) is 6.26. The zero-order chi connectivity index (χ0) is 13.7. The number of amides is 1. The summed E-state index contributed by atoms with van der Waals surface area (Å²) in [7, 11) is 0. The van der Waals surface area contributed by atoms with Crippen LogP contribution in [0.25, 0.3) is 0 Å². The molecule has 2 aromatic rings. The minimum Gasteiger partial charge on any atom is -0.361 e. The minimum absolute atomic E-state index is 0.0536. The van der Waals surface area contributed by atoms with E-state index in [9.17, 15) is 4.79 Å². The van der Waals surface area contributed by atoms with Crippen LogP contribution in [0.1, 0.15) is 36.8 Å². The van der Waals surface area contributed by atoms with Gasteiger partial charge in [-0.1, -0.05) is 25.1 Å².